The molecule has 1 aromatic carbocycles. The fourth-order valence-corrected chi connectivity index (χ4v) is 3.61. The Bertz CT molecular complexity index is 573. The van der Waals surface area contributed by atoms with Crippen LogP contribution in [0.2, 0.25) is 0 Å². The second kappa shape index (κ2) is 6.71. The number of nitrogens with zero attached hydrogens (tertiary/aromatic N) is 3. The summed E-state index contributed by atoms with van der Waals surface area (Å²) in [6.45, 7) is 2.47. The van der Waals surface area contributed by atoms with Crippen molar-refractivity contribution in [2.75, 3.05) is 12.8 Å². The molecule has 106 valence electrons. The lowest BCUT2D eigenvalue weighted by atomic mass is 10.2. The molecule has 2 N–H and O–H groups in total. The van der Waals surface area contributed by atoms with E-state index in [9.17, 15) is 4.79 Å². The molecule has 0 bridgehead atoms. The molecule has 0 aliphatic heterocycles. The Morgan fingerprint density at radius 2 is 2.10 bits per heavy atom. The predicted octanol–water partition coefficient (Wildman–Crippen LogP) is 2.26. The van der Waals surface area contributed by atoms with Crippen LogP contribution in [-0.4, -0.2) is 33.3 Å². The molecule has 2 aromatic rings. The third-order valence-electron chi connectivity index (χ3n) is 2.69. The van der Waals surface area contributed by atoms with E-state index in [0.29, 0.717) is 11.7 Å². The summed E-state index contributed by atoms with van der Waals surface area (Å²) in [6, 6.07) is 9.91. The summed E-state index contributed by atoms with van der Waals surface area (Å²) < 4.78 is 0.719. The summed E-state index contributed by atoms with van der Waals surface area (Å²) in [6.07, 6.45) is 0. The number of hydrogen-bond acceptors (Lipinski definition) is 6. The van der Waals surface area contributed by atoms with Crippen molar-refractivity contribution in [3.63, 3.8) is 0 Å². The molecule has 1 heterocycles. The summed E-state index contributed by atoms with van der Waals surface area (Å²) in [5.74, 6) is 0.0626. The van der Waals surface area contributed by atoms with Crippen LogP contribution in [0.1, 0.15) is 12.5 Å². The quantitative estimate of drug-likeness (QED) is 0.858. The molecule has 1 unspecified atom stereocenters. The van der Waals surface area contributed by atoms with Crippen molar-refractivity contribution in [1.82, 2.24) is 15.1 Å². The third-order valence-corrected chi connectivity index (χ3v) is 4.61. The van der Waals surface area contributed by atoms with Crippen molar-refractivity contribution in [2.45, 2.75) is 23.1 Å². The summed E-state index contributed by atoms with van der Waals surface area (Å²) in [5, 5.41) is 7.87. The van der Waals surface area contributed by atoms with E-state index < -0.39 is 0 Å². The highest BCUT2D eigenvalue weighted by atomic mass is 32.2. The van der Waals surface area contributed by atoms with Crippen molar-refractivity contribution in [1.29, 1.82) is 0 Å². The van der Waals surface area contributed by atoms with Crippen LogP contribution in [0.15, 0.2) is 34.7 Å². The molecule has 0 spiro atoms. The highest BCUT2D eigenvalue weighted by molar-refractivity contribution is 8.02. The van der Waals surface area contributed by atoms with E-state index in [4.69, 9.17) is 5.73 Å². The lowest BCUT2D eigenvalue weighted by molar-refractivity contribution is -0.129. The zero-order valence-corrected chi connectivity index (χ0v) is 12.9. The summed E-state index contributed by atoms with van der Waals surface area (Å²) >= 11 is 2.68. The Hall–Kier alpha value is -1.60. The number of amides is 1. The molecule has 0 fully saturated rings. The van der Waals surface area contributed by atoms with Crippen molar-refractivity contribution in [2.24, 2.45) is 0 Å². The molecule has 0 radical (unpaired) electrons. The number of benzene rings is 1. The molecular formula is C13H16N4OS2. The Morgan fingerprint density at radius 3 is 2.70 bits per heavy atom. The summed E-state index contributed by atoms with van der Waals surface area (Å²) in [5.41, 5.74) is 6.64. The Labute approximate surface area is 126 Å². The van der Waals surface area contributed by atoms with Gasteiger partial charge in [0.25, 0.3) is 0 Å². The lowest BCUT2D eigenvalue weighted by Crippen LogP contribution is -2.32. The largest absolute Gasteiger partial charge is 0.374 e. The number of carbonyl (C=O) groups is 1. The van der Waals surface area contributed by atoms with Gasteiger partial charge in [0.05, 0.1) is 5.25 Å². The number of rotatable bonds is 5. The molecule has 0 aliphatic carbocycles. The number of carbonyl (C=O) groups excluding carboxylic acids is 1. The molecule has 2 rings (SSSR count). The summed E-state index contributed by atoms with van der Waals surface area (Å²) in [7, 11) is 1.81. The number of aromatic nitrogens is 2. The van der Waals surface area contributed by atoms with E-state index in [0.717, 1.165) is 9.90 Å². The van der Waals surface area contributed by atoms with Crippen molar-refractivity contribution in [3.8, 4) is 0 Å². The molecule has 1 aromatic heterocycles. The maximum absolute atomic E-state index is 12.3. The average Bonchev–Trinajstić information content (AvgIpc) is 2.84. The van der Waals surface area contributed by atoms with Crippen LogP contribution < -0.4 is 5.73 Å². The van der Waals surface area contributed by atoms with E-state index in [1.54, 1.807) is 11.9 Å². The molecule has 20 heavy (non-hydrogen) atoms. The van der Waals surface area contributed by atoms with E-state index >= 15 is 0 Å². The molecule has 0 saturated heterocycles. The van der Waals surface area contributed by atoms with Crippen LogP contribution in [0.25, 0.3) is 0 Å². The van der Waals surface area contributed by atoms with Gasteiger partial charge >= 0.3 is 0 Å². The topological polar surface area (TPSA) is 72.1 Å². The minimum Gasteiger partial charge on any atom is -0.374 e. The highest BCUT2D eigenvalue weighted by Crippen LogP contribution is 2.28. The van der Waals surface area contributed by atoms with Gasteiger partial charge in [-0.05, 0) is 12.5 Å². The molecule has 7 heteroatoms. The maximum atomic E-state index is 12.3. The van der Waals surface area contributed by atoms with Crippen LogP contribution in [0.4, 0.5) is 5.13 Å². The first-order chi connectivity index (χ1) is 9.56. The third kappa shape index (κ3) is 3.94. The van der Waals surface area contributed by atoms with Gasteiger partial charge in [0.15, 0.2) is 4.34 Å². The fourth-order valence-electron chi connectivity index (χ4n) is 1.72. The van der Waals surface area contributed by atoms with Gasteiger partial charge in [0.1, 0.15) is 0 Å². The van der Waals surface area contributed by atoms with Gasteiger partial charge < -0.3 is 10.6 Å². The zero-order chi connectivity index (χ0) is 14.5. The minimum atomic E-state index is -0.212. The van der Waals surface area contributed by atoms with Crippen LogP contribution in [0.5, 0.6) is 0 Å². The van der Waals surface area contributed by atoms with Crippen LogP contribution in [0, 0.1) is 0 Å². The van der Waals surface area contributed by atoms with Crippen molar-refractivity contribution < 1.29 is 4.79 Å². The first-order valence-corrected chi connectivity index (χ1v) is 7.80. The molecule has 0 saturated carbocycles. The van der Waals surface area contributed by atoms with E-state index in [1.807, 2.05) is 37.3 Å². The van der Waals surface area contributed by atoms with Crippen LogP contribution in [-0.2, 0) is 11.3 Å². The van der Waals surface area contributed by atoms with Crippen molar-refractivity contribution >= 4 is 34.1 Å². The Kier molecular flexibility index (Phi) is 4.97. The molecule has 0 aliphatic rings. The first-order valence-electron chi connectivity index (χ1n) is 6.11. The van der Waals surface area contributed by atoms with Crippen LogP contribution >= 0.6 is 23.1 Å². The number of thioether (sulfide) groups is 1. The van der Waals surface area contributed by atoms with Gasteiger partial charge in [0, 0.05) is 13.6 Å². The second-order valence-electron chi connectivity index (χ2n) is 4.35. The van der Waals surface area contributed by atoms with E-state index in [-0.39, 0.29) is 11.2 Å². The molecular weight excluding hydrogens is 292 g/mol. The summed E-state index contributed by atoms with van der Waals surface area (Å²) in [4.78, 5) is 14.0. The highest BCUT2D eigenvalue weighted by Gasteiger charge is 2.20. The number of anilines is 1. The van der Waals surface area contributed by atoms with E-state index in [2.05, 4.69) is 10.2 Å². The smallest absolute Gasteiger partial charge is 0.235 e. The van der Waals surface area contributed by atoms with Gasteiger partial charge in [-0.15, -0.1) is 10.2 Å². The molecule has 5 nitrogen and oxygen atoms in total. The van der Waals surface area contributed by atoms with Crippen molar-refractivity contribution in [3.05, 3.63) is 35.9 Å². The Balaban J connectivity index is 1.92. The molecule has 1 amide bonds. The van der Waals surface area contributed by atoms with Crippen LogP contribution in [0.3, 0.4) is 0 Å². The maximum Gasteiger partial charge on any atom is 0.235 e. The second-order valence-corrected chi connectivity index (χ2v) is 6.94. The number of nitrogen functional groups attached to an aromatic ring is 1. The molecule has 1 atom stereocenters. The monoisotopic (exact) mass is 308 g/mol. The van der Waals surface area contributed by atoms with Gasteiger partial charge in [-0.3, -0.25) is 4.79 Å². The predicted molar refractivity (Wildman–Crippen MR) is 82.6 cm³/mol. The number of hydrogen-bond donors (Lipinski definition) is 1. The Morgan fingerprint density at radius 1 is 1.40 bits per heavy atom. The standard InChI is InChI=1S/C13H16N4OS2/c1-9(19-13-16-15-12(14)20-13)11(18)17(2)8-10-6-4-3-5-7-10/h3-7,9H,8H2,1-2H3,(H2,14,15). The van der Waals surface area contributed by atoms with Gasteiger partial charge in [0.2, 0.25) is 11.0 Å². The first kappa shape index (κ1) is 14.8. The fraction of sp³-hybridized carbons (Fsp3) is 0.308. The van der Waals surface area contributed by atoms with Gasteiger partial charge in [-0.2, -0.15) is 0 Å². The normalized spacial score (nSPS) is 12.1. The lowest BCUT2D eigenvalue weighted by Gasteiger charge is -2.20. The van der Waals surface area contributed by atoms with Gasteiger partial charge in [-0.25, -0.2) is 0 Å². The average molecular weight is 308 g/mol. The van der Waals surface area contributed by atoms with Gasteiger partial charge in [-0.1, -0.05) is 53.4 Å². The SMILES string of the molecule is CC(Sc1nnc(N)s1)C(=O)N(C)Cc1ccccc1. The number of nitrogens with two attached hydrogens (primary N) is 1. The van der Waals surface area contributed by atoms with E-state index in [1.165, 1.54) is 23.1 Å². The minimum absolute atomic E-state index is 0.0626. The zero-order valence-electron chi connectivity index (χ0n) is 11.3.